The molecule has 6 heteroatoms. The average molecular weight is 362 g/mol. The Morgan fingerprint density at radius 3 is 2.69 bits per heavy atom. The third-order valence-electron chi connectivity index (χ3n) is 6.34. The molecule has 1 aromatic rings. The monoisotopic (exact) mass is 362 g/mol. The minimum atomic E-state index is -0.889. The first-order chi connectivity index (χ1) is 12.5. The van der Waals surface area contributed by atoms with Gasteiger partial charge < -0.3 is 9.80 Å². The highest BCUT2D eigenvalue weighted by Gasteiger charge is 2.50. The summed E-state index contributed by atoms with van der Waals surface area (Å²) in [7, 11) is 0. The standard InChI is InChI=1S/C20H24F2N2O2/c21-16-7-2-6-15(17(16)22)12-23-10-3-8-20(19(23)26)9-11-24(13-20)18(25)14-4-1-5-14/h2,6-7,14H,1,3-5,8-13H2/t20-/m1/s1. The molecular formula is C20H24F2N2O2. The van der Waals surface area contributed by atoms with E-state index in [0.29, 0.717) is 26.1 Å². The van der Waals surface area contributed by atoms with Crippen LogP contribution in [0.4, 0.5) is 8.78 Å². The van der Waals surface area contributed by atoms with E-state index in [9.17, 15) is 18.4 Å². The van der Waals surface area contributed by atoms with Crippen LogP contribution in [0.1, 0.15) is 44.1 Å². The van der Waals surface area contributed by atoms with E-state index < -0.39 is 17.0 Å². The fourth-order valence-electron chi connectivity index (χ4n) is 4.53. The highest BCUT2D eigenvalue weighted by Crippen LogP contribution is 2.42. The van der Waals surface area contributed by atoms with Crippen molar-refractivity contribution in [3.63, 3.8) is 0 Å². The van der Waals surface area contributed by atoms with Gasteiger partial charge in [0.1, 0.15) is 0 Å². The Labute approximate surface area is 152 Å². The molecule has 2 aliphatic heterocycles. The lowest BCUT2D eigenvalue weighted by molar-refractivity contribution is -0.147. The average Bonchev–Trinajstić information content (AvgIpc) is 3.00. The van der Waals surface area contributed by atoms with Crippen LogP contribution in [0.3, 0.4) is 0 Å². The Morgan fingerprint density at radius 2 is 1.96 bits per heavy atom. The molecule has 26 heavy (non-hydrogen) atoms. The van der Waals surface area contributed by atoms with Crippen molar-refractivity contribution < 1.29 is 18.4 Å². The topological polar surface area (TPSA) is 40.6 Å². The minimum Gasteiger partial charge on any atom is -0.341 e. The molecule has 0 radical (unpaired) electrons. The van der Waals surface area contributed by atoms with Gasteiger partial charge in [0.05, 0.1) is 5.41 Å². The summed E-state index contributed by atoms with van der Waals surface area (Å²) in [6.07, 6.45) is 5.30. The van der Waals surface area contributed by atoms with Gasteiger partial charge in [-0.3, -0.25) is 9.59 Å². The molecule has 0 N–H and O–H groups in total. The first-order valence-corrected chi connectivity index (χ1v) is 9.51. The van der Waals surface area contributed by atoms with Gasteiger partial charge in [-0.15, -0.1) is 0 Å². The van der Waals surface area contributed by atoms with E-state index in [-0.39, 0.29) is 29.8 Å². The number of likely N-dealkylation sites (tertiary alicyclic amines) is 2. The highest BCUT2D eigenvalue weighted by molar-refractivity contribution is 5.86. The number of rotatable bonds is 3. The second-order valence-corrected chi connectivity index (χ2v) is 7.96. The zero-order valence-electron chi connectivity index (χ0n) is 14.8. The van der Waals surface area contributed by atoms with Crippen LogP contribution in [0.25, 0.3) is 0 Å². The highest BCUT2D eigenvalue weighted by atomic mass is 19.2. The van der Waals surface area contributed by atoms with E-state index in [0.717, 1.165) is 38.2 Å². The van der Waals surface area contributed by atoms with Crippen LogP contribution in [0.15, 0.2) is 18.2 Å². The van der Waals surface area contributed by atoms with Crippen LogP contribution in [0, 0.1) is 23.0 Å². The van der Waals surface area contributed by atoms with Crippen molar-refractivity contribution in [3.8, 4) is 0 Å². The van der Waals surface area contributed by atoms with Gasteiger partial charge in [0.15, 0.2) is 11.6 Å². The van der Waals surface area contributed by atoms with Crippen molar-refractivity contribution in [2.24, 2.45) is 11.3 Å². The first-order valence-electron chi connectivity index (χ1n) is 9.51. The van der Waals surface area contributed by atoms with Crippen LogP contribution in [0.2, 0.25) is 0 Å². The lowest BCUT2D eigenvalue weighted by Gasteiger charge is -2.39. The van der Waals surface area contributed by atoms with Crippen molar-refractivity contribution in [3.05, 3.63) is 35.4 Å². The molecule has 1 saturated carbocycles. The number of hydrogen-bond acceptors (Lipinski definition) is 2. The number of hydrogen-bond donors (Lipinski definition) is 0. The van der Waals surface area contributed by atoms with Crippen LogP contribution >= 0.6 is 0 Å². The number of carbonyl (C=O) groups is 2. The Kier molecular flexibility index (Phi) is 4.45. The van der Waals surface area contributed by atoms with E-state index in [4.69, 9.17) is 0 Å². The van der Waals surface area contributed by atoms with Crippen molar-refractivity contribution >= 4 is 11.8 Å². The second-order valence-electron chi connectivity index (χ2n) is 7.96. The van der Waals surface area contributed by atoms with E-state index in [1.807, 2.05) is 4.90 Å². The molecule has 3 aliphatic rings. The van der Waals surface area contributed by atoms with E-state index >= 15 is 0 Å². The molecule has 1 atom stereocenters. The molecule has 0 aromatic heterocycles. The number of benzene rings is 1. The zero-order chi connectivity index (χ0) is 18.3. The molecule has 2 saturated heterocycles. The summed E-state index contributed by atoms with van der Waals surface area (Å²) in [6.45, 7) is 1.74. The van der Waals surface area contributed by atoms with E-state index in [1.54, 1.807) is 4.90 Å². The van der Waals surface area contributed by atoms with Gasteiger partial charge in [-0.05, 0) is 38.2 Å². The molecule has 140 valence electrons. The van der Waals surface area contributed by atoms with Crippen molar-refractivity contribution in [1.82, 2.24) is 9.80 Å². The van der Waals surface area contributed by atoms with Gasteiger partial charge in [0.2, 0.25) is 11.8 Å². The fourth-order valence-corrected chi connectivity index (χ4v) is 4.53. The fraction of sp³-hybridized carbons (Fsp3) is 0.600. The van der Waals surface area contributed by atoms with Gasteiger partial charge >= 0.3 is 0 Å². The summed E-state index contributed by atoms with van der Waals surface area (Å²) < 4.78 is 27.4. The summed E-state index contributed by atoms with van der Waals surface area (Å²) in [5.41, 5.74) is -0.336. The lowest BCUT2D eigenvalue weighted by Crippen LogP contribution is -2.50. The molecule has 4 rings (SSSR count). The number of carbonyl (C=O) groups excluding carboxylic acids is 2. The molecule has 0 unspecified atom stereocenters. The molecule has 0 bridgehead atoms. The molecule has 3 fully saturated rings. The molecule has 2 amide bonds. The summed E-state index contributed by atoms with van der Waals surface area (Å²) in [5, 5.41) is 0. The molecule has 1 aromatic carbocycles. The Bertz CT molecular complexity index is 735. The summed E-state index contributed by atoms with van der Waals surface area (Å²) in [6, 6.07) is 4.07. The first kappa shape index (κ1) is 17.4. The smallest absolute Gasteiger partial charge is 0.230 e. The van der Waals surface area contributed by atoms with Crippen molar-refractivity contribution in [2.75, 3.05) is 19.6 Å². The molecule has 1 spiro atoms. The molecule has 1 aliphatic carbocycles. The number of amides is 2. The molecular weight excluding hydrogens is 338 g/mol. The third kappa shape index (κ3) is 2.89. The minimum absolute atomic E-state index is 0.0173. The number of nitrogens with zero attached hydrogens (tertiary/aromatic N) is 2. The maximum atomic E-state index is 14.0. The Balaban J connectivity index is 1.48. The largest absolute Gasteiger partial charge is 0.341 e. The lowest BCUT2D eigenvalue weighted by atomic mass is 9.78. The Morgan fingerprint density at radius 1 is 1.15 bits per heavy atom. The molecule has 4 nitrogen and oxygen atoms in total. The van der Waals surface area contributed by atoms with Crippen molar-refractivity contribution in [2.45, 2.75) is 45.1 Å². The predicted molar refractivity (Wildman–Crippen MR) is 92.0 cm³/mol. The summed E-state index contributed by atoms with van der Waals surface area (Å²) >= 11 is 0. The van der Waals surface area contributed by atoms with Crippen LogP contribution in [0.5, 0.6) is 0 Å². The van der Waals surface area contributed by atoms with Gasteiger partial charge in [0, 0.05) is 37.7 Å². The predicted octanol–water partition coefficient (Wildman–Crippen LogP) is 3.11. The third-order valence-corrected chi connectivity index (χ3v) is 6.34. The Hall–Kier alpha value is -1.98. The van der Waals surface area contributed by atoms with E-state index in [1.165, 1.54) is 12.1 Å². The maximum Gasteiger partial charge on any atom is 0.230 e. The SMILES string of the molecule is O=C(C1CCC1)N1CC[C@]2(CCCN(Cc3cccc(F)c3F)C2=O)C1. The van der Waals surface area contributed by atoms with Crippen LogP contribution < -0.4 is 0 Å². The van der Waals surface area contributed by atoms with Gasteiger partial charge in [0.25, 0.3) is 0 Å². The number of halogens is 2. The van der Waals surface area contributed by atoms with Crippen LogP contribution in [-0.4, -0.2) is 41.2 Å². The molecule has 2 heterocycles. The number of piperidine rings is 1. The van der Waals surface area contributed by atoms with E-state index in [2.05, 4.69) is 0 Å². The quantitative estimate of drug-likeness (QED) is 0.829. The van der Waals surface area contributed by atoms with Crippen LogP contribution in [-0.2, 0) is 16.1 Å². The maximum absolute atomic E-state index is 14.0. The van der Waals surface area contributed by atoms with Gasteiger partial charge in [-0.2, -0.15) is 0 Å². The normalized spacial score (nSPS) is 26.5. The second kappa shape index (κ2) is 6.63. The van der Waals surface area contributed by atoms with Gasteiger partial charge in [-0.1, -0.05) is 18.6 Å². The summed E-state index contributed by atoms with van der Waals surface area (Å²) in [4.78, 5) is 29.2. The zero-order valence-corrected chi connectivity index (χ0v) is 14.8. The summed E-state index contributed by atoms with van der Waals surface area (Å²) in [5.74, 6) is -1.46. The van der Waals surface area contributed by atoms with Crippen molar-refractivity contribution in [1.29, 1.82) is 0 Å². The van der Waals surface area contributed by atoms with Gasteiger partial charge in [-0.25, -0.2) is 8.78 Å².